The fourth-order valence-electron chi connectivity index (χ4n) is 4.32. The highest BCUT2D eigenvalue weighted by atomic mass is 32.1. The highest BCUT2D eigenvalue weighted by molar-refractivity contribution is 7.18. The molecule has 1 aliphatic rings. The van der Waals surface area contributed by atoms with Crippen LogP contribution in [0, 0.1) is 0 Å². The zero-order valence-electron chi connectivity index (χ0n) is 18.5. The molecule has 4 aromatic rings. The lowest BCUT2D eigenvalue weighted by Crippen LogP contribution is -2.38. The summed E-state index contributed by atoms with van der Waals surface area (Å²) in [4.78, 5) is 35.7. The molecule has 0 radical (unpaired) electrons. The fraction of sp³-hybridized carbons (Fsp3) is 0.375. The number of aromatic nitrogens is 2. The average Bonchev–Trinajstić information content (AvgIpc) is 3.58. The number of piperidine rings is 1. The van der Waals surface area contributed by atoms with Gasteiger partial charge in [-0.15, -0.1) is 22.7 Å². The second kappa shape index (κ2) is 9.62. The third kappa shape index (κ3) is 4.66. The second-order valence-electron chi connectivity index (χ2n) is 8.37. The van der Waals surface area contributed by atoms with Crippen molar-refractivity contribution in [1.82, 2.24) is 19.8 Å². The fourth-order valence-corrected chi connectivity index (χ4v) is 6.09. The second-order valence-corrected chi connectivity index (χ2v) is 10.2. The Morgan fingerprint density at radius 3 is 2.79 bits per heavy atom. The van der Waals surface area contributed by atoms with E-state index in [4.69, 9.17) is 9.40 Å². The molecule has 33 heavy (non-hydrogen) atoms. The van der Waals surface area contributed by atoms with Crippen molar-refractivity contribution < 1.29 is 9.21 Å². The number of amides is 1. The molecule has 172 valence electrons. The average molecular weight is 483 g/mol. The third-order valence-corrected chi connectivity index (χ3v) is 7.80. The number of rotatable bonds is 7. The molecule has 1 saturated heterocycles. The van der Waals surface area contributed by atoms with Gasteiger partial charge in [-0.05, 0) is 56.4 Å². The molecule has 0 spiro atoms. The summed E-state index contributed by atoms with van der Waals surface area (Å²) in [7, 11) is 0. The number of hydrogen-bond acceptors (Lipinski definition) is 7. The Morgan fingerprint density at radius 1 is 1.21 bits per heavy atom. The van der Waals surface area contributed by atoms with Gasteiger partial charge in [0.05, 0.1) is 24.2 Å². The van der Waals surface area contributed by atoms with E-state index in [1.54, 1.807) is 28.2 Å². The summed E-state index contributed by atoms with van der Waals surface area (Å²) in [5.41, 5.74) is 0.739. The number of thiophene rings is 2. The number of likely N-dealkylation sites (tertiary alicyclic amines) is 1. The van der Waals surface area contributed by atoms with Crippen molar-refractivity contribution in [2.24, 2.45) is 0 Å². The van der Waals surface area contributed by atoms with Crippen LogP contribution in [0.2, 0.25) is 0 Å². The topological polar surface area (TPSA) is 80.4 Å². The SMILES string of the molecule is C[C@H](NC(=O)Cn1c(CN2CCCCC2)nc2scc(-c3cccs3)c2c1=O)c1ccco1. The Kier molecular flexibility index (Phi) is 6.43. The van der Waals surface area contributed by atoms with Gasteiger partial charge in [0.25, 0.3) is 5.56 Å². The molecular formula is C24H26N4O3S2. The lowest BCUT2D eigenvalue weighted by molar-refractivity contribution is -0.122. The Bertz CT molecular complexity index is 1290. The Hall–Kier alpha value is -2.75. The van der Waals surface area contributed by atoms with E-state index < -0.39 is 0 Å². The number of hydrogen-bond donors (Lipinski definition) is 1. The van der Waals surface area contributed by atoms with Crippen molar-refractivity contribution >= 4 is 38.8 Å². The van der Waals surface area contributed by atoms with Gasteiger partial charge in [-0.3, -0.25) is 19.1 Å². The minimum atomic E-state index is -0.284. The van der Waals surface area contributed by atoms with Gasteiger partial charge in [-0.1, -0.05) is 12.5 Å². The lowest BCUT2D eigenvalue weighted by Gasteiger charge is -2.27. The van der Waals surface area contributed by atoms with Crippen LogP contribution in [-0.2, 0) is 17.9 Å². The van der Waals surface area contributed by atoms with Crippen LogP contribution in [0.5, 0.6) is 0 Å². The molecule has 1 aliphatic heterocycles. The number of nitrogens with zero attached hydrogens (tertiary/aromatic N) is 3. The summed E-state index contributed by atoms with van der Waals surface area (Å²) in [6, 6.07) is 7.32. The molecule has 9 heteroatoms. The van der Waals surface area contributed by atoms with Crippen LogP contribution in [0.3, 0.4) is 0 Å². The molecule has 0 bridgehead atoms. The Labute approximate surface area is 199 Å². The molecular weight excluding hydrogens is 456 g/mol. The van der Waals surface area contributed by atoms with E-state index in [2.05, 4.69) is 10.2 Å². The zero-order valence-corrected chi connectivity index (χ0v) is 20.1. The van der Waals surface area contributed by atoms with Gasteiger partial charge in [-0.25, -0.2) is 4.98 Å². The number of fused-ring (bicyclic) bond motifs is 1. The molecule has 0 unspecified atom stereocenters. The van der Waals surface area contributed by atoms with Crippen molar-refractivity contribution in [1.29, 1.82) is 0 Å². The summed E-state index contributed by atoms with van der Waals surface area (Å²) < 4.78 is 6.96. The van der Waals surface area contributed by atoms with E-state index in [1.807, 2.05) is 35.9 Å². The molecule has 5 rings (SSSR count). The minimum Gasteiger partial charge on any atom is -0.467 e. The normalized spacial score (nSPS) is 15.7. The van der Waals surface area contributed by atoms with Gasteiger partial charge in [-0.2, -0.15) is 0 Å². The molecule has 0 aromatic carbocycles. The van der Waals surface area contributed by atoms with Gasteiger partial charge in [0.1, 0.15) is 23.0 Å². The lowest BCUT2D eigenvalue weighted by atomic mass is 10.1. The maximum absolute atomic E-state index is 13.7. The first-order chi connectivity index (χ1) is 16.1. The van der Waals surface area contributed by atoms with Crippen molar-refractivity contribution in [2.45, 2.75) is 45.3 Å². The predicted octanol–water partition coefficient (Wildman–Crippen LogP) is 4.64. The summed E-state index contributed by atoms with van der Waals surface area (Å²) in [6.07, 6.45) is 5.11. The van der Waals surface area contributed by atoms with Crippen LogP contribution in [0.4, 0.5) is 0 Å². The molecule has 0 saturated carbocycles. The molecule has 4 aromatic heterocycles. The highest BCUT2D eigenvalue weighted by Gasteiger charge is 2.22. The summed E-state index contributed by atoms with van der Waals surface area (Å²) in [5.74, 6) is 1.08. The number of carbonyl (C=O) groups excluding carboxylic acids is 1. The highest BCUT2D eigenvalue weighted by Crippen LogP contribution is 2.34. The molecule has 1 atom stereocenters. The van der Waals surface area contributed by atoms with Crippen LogP contribution < -0.4 is 10.9 Å². The first-order valence-corrected chi connectivity index (χ1v) is 13.0. The number of carbonyl (C=O) groups is 1. The standard InChI is InChI=1S/C24H26N4O3S2/c1-16(18-7-5-11-31-18)25-21(29)14-28-20(13-27-9-3-2-4-10-27)26-23-22(24(28)30)17(15-33-23)19-8-6-12-32-19/h5-8,11-12,15-16H,2-4,9-10,13-14H2,1H3,(H,25,29)/t16-/m0/s1. The molecule has 5 heterocycles. The first-order valence-electron chi connectivity index (χ1n) is 11.2. The maximum Gasteiger partial charge on any atom is 0.263 e. The molecule has 1 fully saturated rings. The van der Waals surface area contributed by atoms with E-state index >= 15 is 0 Å². The van der Waals surface area contributed by atoms with Crippen molar-refractivity contribution in [3.8, 4) is 10.4 Å². The van der Waals surface area contributed by atoms with Gasteiger partial charge in [0.15, 0.2) is 0 Å². The van der Waals surface area contributed by atoms with Crippen LogP contribution in [0.25, 0.3) is 20.7 Å². The van der Waals surface area contributed by atoms with E-state index in [0.717, 1.165) is 41.2 Å². The molecule has 7 nitrogen and oxygen atoms in total. The van der Waals surface area contributed by atoms with Crippen LogP contribution in [0.1, 0.15) is 43.8 Å². The van der Waals surface area contributed by atoms with Crippen LogP contribution in [-0.4, -0.2) is 33.4 Å². The van der Waals surface area contributed by atoms with Crippen molar-refractivity contribution in [3.63, 3.8) is 0 Å². The van der Waals surface area contributed by atoms with Gasteiger partial charge < -0.3 is 9.73 Å². The summed E-state index contributed by atoms with van der Waals surface area (Å²) in [6.45, 7) is 4.33. The van der Waals surface area contributed by atoms with Gasteiger partial charge in [0, 0.05) is 15.8 Å². The van der Waals surface area contributed by atoms with E-state index in [0.29, 0.717) is 23.5 Å². The number of nitrogens with one attached hydrogen (secondary N) is 1. The quantitative estimate of drug-likeness (QED) is 0.415. The summed E-state index contributed by atoms with van der Waals surface area (Å²) in [5, 5.41) is 7.54. The molecule has 1 amide bonds. The largest absolute Gasteiger partial charge is 0.467 e. The van der Waals surface area contributed by atoms with Crippen molar-refractivity contribution in [2.75, 3.05) is 13.1 Å². The van der Waals surface area contributed by atoms with E-state index in [-0.39, 0.29) is 24.1 Å². The van der Waals surface area contributed by atoms with Gasteiger partial charge >= 0.3 is 0 Å². The van der Waals surface area contributed by atoms with E-state index in [1.165, 1.54) is 17.8 Å². The molecule has 0 aliphatic carbocycles. The van der Waals surface area contributed by atoms with Crippen LogP contribution in [0.15, 0.2) is 50.5 Å². The first kappa shape index (κ1) is 22.1. The van der Waals surface area contributed by atoms with Crippen molar-refractivity contribution in [3.05, 3.63) is 63.2 Å². The minimum absolute atomic E-state index is 0.0737. The van der Waals surface area contributed by atoms with E-state index in [9.17, 15) is 9.59 Å². The third-order valence-electron chi connectivity index (χ3n) is 6.02. The summed E-state index contributed by atoms with van der Waals surface area (Å²) >= 11 is 3.09. The molecule has 1 N–H and O–H groups in total. The zero-order chi connectivity index (χ0) is 22.8. The smallest absolute Gasteiger partial charge is 0.263 e. The predicted molar refractivity (Wildman–Crippen MR) is 132 cm³/mol. The Balaban J connectivity index is 1.51. The van der Waals surface area contributed by atoms with Gasteiger partial charge in [0.2, 0.25) is 5.91 Å². The van der Waals surface area contributed by atoms with Crippen LogP contribution >= 0.6 is 22.7 Å². The Morgan fingerprint density at radius 2 is 2.06 bits per heavy atom. The monoisotopic (exact) mass is 482 g/mol. The maximum atomic E-state index is 13.7. The number of furan rings is 1.